The van der Waals surface area contributed by atoms with E-state index in [1.54, 1.807) is 6.92 Å². The molecule has 0 aliphatic rings. The summed E-state index contributed by atoms with van der Waals surface area (Å²) in [5, 5.41) is 17.3. The minimum absolute atomic E-state index is 0.141. The number of carboxylic acid groups (broad SMARTS) is 2. The molecule has 0 rings (SSSR count). The Labute approximate surface area is 96.1 Å². The van der Waals surface area contributed by atoms with E-state index in [0.717, 1.165) is 13.0 Å². The molecular weight excluding hydrogens is 210 g/mol. The Hall–Kier alpha value is -1.10. The van der Waals surface area contributed by atoms with Crippen molar-refractivity contribution in [1.82, 2.24) is 4.90 Å². The highest BCUT2D eigenvalue weighted by Gasteiger charge is 2.15. The Morgan fingerprint density at radius 3 is 2.31 bits per heavy atom. The maximum Gasteiger partial charge on any atom is 0.307 e. The monoisotopic (exact) mass is 231 g/mol. The fraction of sp³-hybridized carbons (Fsp3) is 0.818. The standard InChI is InChI=1S/C11H21NO4/c1-3-6-12(7-4-5-10(13)14)8-9(2)11(15)16/h9H,3-8H2,1-2H3,(H,13,14)(H,15,16). The molecule has 0 saturated heterocycles. The van der Waals surface area contributed by atoms with E-state index in [1.807, 2.05) is 11.8 Å². The zero-order valence-electron chi connectivity index (χ0n) is 9.98. The summed E-state index contributed by atoms with van der Waals surface area (Å²) < 4.78 is 0. The average Bonchev–Trinajstić information content (AvgIpc) is 2.17. The van der Waals surface area contributed by atoms with E-state index in [9.17, 15) is 9.59 Å². The maximum absolute atomic E-state index is 10.7. The Bertz CT molecular complexity index is 230. The van der Waals surface area contributed by atoms with Gasteiger partial charge in [0.2, 0.25) is 0 Å². The molecule has 16 heavy (non-hydrogen) atoms. The molecular formula is C11H21NO4. The molecule has 1 unspecified atom stereocenters. The van der Waals surface area contributed by atoms with Gasteiger partial charge in [-0.2, -0.15) is 0 Å². The summed E-state index contributed by atoms with van der Waals surface area (Å²) in [4.78, 5) is 23.1. The molecule has 0 saturated carbocycles. The second-order valence-electron chi connectivity index (χ2n) is 4.04. The van der Waals surface area contributed by atoms with Crippen molar-refractivity contribution in [2.24, 2.45) is 5.92 Å². The highest BCUT2D eigenvalue weighted by atomic mass is 16.4. The van der Waals surface area contributed by atoms with Crippen LogP contribution in [0.1, 0.15) is 33.1 Å². The molecule has 5 heteroatoms. The minimum atomic E-state index is -0.806. The van der Waals surface area contributed by atoms with Crippen molar-refractivity contribution in [3.05, 3.63) is 0 Å². The molecule has 0 heterocycles. The molecule has 1 atom stereocenters. The van der Waals surface area contributed by atoms with Crippen LogP contribution >= 0.6 is 0 Å². The number of nitrogens with zero attached hydrogens (tertiary/aromatic N) is 1. The van der Waals surface area contributed by atoms with Crippen molar-refractivity contribution in [2.75, 3.05) is 19.6 Å². The summed E-state index contributed by atoms with van der Waals surface area (Å²) in [5.74, 6) is -2.02. The van der Waals surface area contributed by atoms with Gasteiger partial charge in [-0.1, -0.05) is 13.8 Å². The molecule has 0 aliphatic carbocycles. The van der Waals surface area contributed by atoms with Gasteiger partial charge in [-0.25, -0.2) is 0 Å². The van der Waals surface area contributed by atoms with E-state index in [1.165, 1.54) is 0 Å². The van der Waals surface area contributed by atoms with Gasteiger partial charge in [0.15, 0.2) is 0 Å². The average molecular weight is 231 g/mol. The summed E-state index contributed by atoms with van der Waals surface area (Å²) in [6.07, 6.45) is 1.66. The predicted octanol–water partition coefficient (Wildman–Crippen LogP) is 1.28. The third-order valence-corrected chi connectivity index (χ3v) is 2.36. The van der Waals surface area contributed by atoms with Crippen molar-refractivity contribution in [3.63, 3.8) is 0 Å². The molecule has 0 aromatic rings. The number of carbonyl (C=O) groups is 2. The molecule has 0 fully saturated rings. The van der Waals surface area contributed by atoms with E-state index in [2.05, 4.69) is 0 Å². The van der Waals surface area contributed by atoms with Crippen LogP contribution < -0.4 is 0 Å². The molecule has 0 aromatic carbocycles. The molecule has 0 aliphatic heterocycles. The third-order valence-electron chi connectivity index (χ3n) is 2.36. The van der Waals surface area contributed by atoms with Gasteiger partial charge in [0.05, 0.1) is 5.92 Å². The van der Waals surface area contributed by atoms with E-state index in [-0.39, 0.29) is 6.42 Å². The molecule has 0 spiro atoms. The summed E-state index contributed by atoms with van der Waals surface area (Å²) in [6, 6.07) is 0. The first-order valence-corrected chi connectivity index (χ1v) is 5.64. The first kappa shape index (κ1) is 14.9. The van der Waals surface area contributed by atoms with Crippen molar-refractivity contribution in [1.29, 1.82) is 0 Å². The van der Waals surface area contributed by atoms with Gasteiger partial charge in [0.1, 0.15) is 0 Å². The molecule has 5 nitrogen and oxygen atoms in total. The highest BCUT2D eigenvalue weighted by molar-refractivity contribution is 5.69. The fourth-order valence-corrected chi connectivity index (χ4v) is 1.53. The largest absolute Gasteiger partial charge is 0.481 e. The Kier molecular flexibility index (Phi) is 7.54. The smallest absolute Gasteiger partial charge is 0.307 e. The first-order valence-electron chi connectivity index (χ1n) is 5.64. The van der Waals surface area contributed by atoms with Crippen LogP contribution in [0, 0.1) is 5.92 Å². The van der Waals surface area contributed by atoms with Gasteiger partial charge in [0.25, 0.3) is 0 Å². The van der Waals surface area contributed by atoms with E-state index in [0.29, 0.717) is 19.5 Å². The third kappa shape index (κ3) is 7.23. The van der Waals surface area contributed by atoms with Gasteiger partial charge in [-0.05, 0) is 25.9 Å². The van der Waals surface area contributed by atoms with E-state index in [4.69, 9.17) is 10.2 Å². The molecule has 2 N–H and O–H groups in total. The summed E-state index contributed by atoms with van der Waals surface area (Å²) in [5.41, 5.74) is 0. The lowest BCUT2D eigenvalue weighted by molar-refractivity contribution is -0.142. The number of rotatable bonds is 9. The van der Waals surface area contributed by atoms with E-state index < -0.39 is 17.9 Å². The van der Waals surface area contributed by atoms with E-state index >= 15 is 0 Å². The van der Waals surface area contributed by atoms with Gasteiger partial charge < -0.3 is 15.1 Å². The number of carboxylic acids is 2. The first-order chi connectivity index (χ1) is 7.47. The Balaban J connectivity index is 3.96. The van der Waals surface area contributed by atoms with Crippen LogP contribution in [0.4, 0.5) is 0 Å². The summed E-state index contributed by atoms with van der Waals surface area (Å²) in [6.45, 7) is 5.65. The lowest BCUT2D eigenvalue weighted by Crippen LogP contribution is -2.33. The second-order valence-corrected chi connectivity index (χ2v) is 4.04. The lowest BCUT2D eigenvalue weighted by atomic mass is 10.1. The van der Waals surface area contributed by atoms with Crippen molar-refractivity contribution in [2.45, 2.75) is 33.1 Å². The van der Waals surface area contributed by atoms with Gasteiger partial charge >= 0.3 is 11.9 Å². The molecule has 0 amide bonds. The van der Waals surface area contributed by atoms with Gasteiger partial charge in [0, 0.05) is 13.0 Å². The van der Waals surface area contributed by atoms with Gasteiger partial charge in [-0.3, -0.25) is 9.59 Å². The van der Waals surface area contributed by atoms with Crippen LogP contribution in [0.2, 0.25) is 0 Å². The SMILES string of the molecule is CCCN(CCCC(=O)O)CC(C)C(=O)O. The van der Waals surface area contributed by atoms with Crippen LogP contribution in [0.5, 0.6) is 0 Å². The topological polar surface area (TPSA) is 77.8 Å². The Morgan fingerprint density at radius 2 is 1.88 bits per heavy atom. The minimum Gasteiger partial charge on any atom is -0.481 e. The molecule has 0 aromatic heterocycles. The maximum atomic E-state index is 10.7. The predicted molar refractivity (Wildman–Crippen MR) is 60.4 cm³/mol. The normalized spacial score (nSPS) is 12.7. The molecule has 94 valence electrons. The van der Waals surface area contributed by atoms with Crippen LogP contribution in [0.15, 0.2) is 0 Å². The van der Waals surface area contributed by atoms with Crippen LogP contribution in [-0.4, -0.2) is 46.7 Å². The van der Waals surface area contributed by atoms with Crippen molar-refractivity contribution >= 4 is 11.9 Å². The van der Waals surface area contributed by atoms with Crippen LogP contribution in [-0.2, 0) is 9.59 Å². The highest BCUT2D eigenvalue weighted by Crippen LogP contribution is 2.03. The molecule has 0 bridgehead atoms. The van der Waals surface area contributed by atoms with Crippen molar-refractivity contribution < 1.29 is 19.8 Å². The van der Waals surface area contributed by atoms with Gasteiger partial charge in [-0.15, -0.1) is 0 Å². The van der Waals surface area contributed by atoms with Crippen molar-refractivity contribution in [3.8, 4) is 0 Å². The fourth-order valence-electron chi connectivity index (χ4n) is 1.53. The second kappa shape index (κ2) is 8.10. The summed E-state index contributed by atoms with van der Waals surface area (Å²) in [7, 11) is 0. The lowest BCUT2D eigenvalue weighted by Gasteiger charge is -2.23. The van der Waals surface area contributed by atoms with Crippen LogP contribution in [0.3, 0.4) is 0 Å². The summed E-state index contributed by atoms with van der Waals surface area (Å²) >= 11 is 0. The zero-order chi connectivity index (χ0) is 12.6. The Morgan fingerprint density at radius 1 is 1.25 bits per heavy atom. The zero-order valence-corrected chi connectivity index (χ0v) is 9.98. The molecule has 0 radical (unpaired) electrons. The number of hydrogen-bond donors (Lipinski definition) is 2. The number of hydrogen-bond acceptors (Lipinski definition) is 3. The van der Waals surface area contributed by atoms with Crippen LogP contribution in [0.25, 0.3) is 0 Å². The quantitative estimate of drug-likeness (QED) is 0.625. The number of aliphatic carboxylic acids is 2.